The Morgan fingerprint density at radius 1 is 1.25 bits per heavy atom. The van der Waals surface area contributed by atoms with E-state index in [-0.39, 0.29) is 6.42 Å². The molecular weight excluding hydrogens is 244 g/mol. The van der Waals surface area contributed by atoms with Crippen LogP contribution in [0.5, 0.6) is 0 Å². The highest BCUT2D eigenvalue weighted by Crippen LogP contribution is 2.14. The number of rotatable bonds is 7. The van der Waals surface area contributed by atoms with Crippen LogP contribution >= 0.6 is 23.4 Å². The highest BCUT2D eigenvalue weighted by molar-refractivity contribution is 7.98. The van der Waals surface area contributed by atoms with Gasteiger partial charge in [-0.15, -0.1) is 11.6 Å². The molecule has 0 amide bonds. The lowest BCUT2D eigenvalue weighted by molar-refractivity contribution is -0.136. The van der Waals surface area contributed by atoms with E-state index in [0.29, 0.717) is 12.3 Å². The van der Waals surface area contributed by atoms with Crippen molar-refractivity contribution in [3.63, 3.8) is 0 Å². The second-order valence-electron chi connectivity index (χ2n) is 3.45. The molecule has 0 saturated carbocycles. The van der Waals surface area contributed by atoms with E-state index < -0.39 is 5.97 Å². The van der Waals surface area contributed by atoms with Gasteiger partial charge in [-0.25, -0.2) is 0 Å². The summed E-state index contributed by atoms with van der Waals surface area (Å²) in [5.74, 6) is 1.86. The second-order valence-corrected chi connectivity index (χ2v) is 4.93. The molecule has 0 heterocycles. The van der Waals surface area contributed by atoms with Crippen LogP contribution in [0.1, 0.15) is 17.5 Å². The zero-order valence-electron chi connectivity index (χ0n) is 8.99. The van der Waals surface area contributed by atoms with Crippen LogP contribution in [0.15, 0.2) is 24.3 Å². The van der Waals surface area contributed by atoms with Gasteiger partial charge in [-0.2, -0.15) is 11.8 Å². The molecule has 1 rings (SSSR count). The molecule has 1 N–H and O–H groups in total. The Bertz CT molecular complexity index is 324. The summed E-state index contributed by atoms with van der Waals surface area (Å²) in [6, 6.07) is 8.11. The lowest BCUT2D eigenvalue weighted by atomic mass is 10.1. The summed E-state index contributed by atoms with van der Waals surface area (Å²) in [6.07, 6.45) is 0.796. The molecule has 88 valence electrons. The van der Waals surface area contributed by atoms with Crippen molar-refractivity contribution in [2.75, 3.05) is 11.6 Å². The first-order chi connectivity index (χ1) is 7.72. The second kappa shape index (κ2) is 7.58. The molecule has 0 spiro atoms. The molecule has 16 heavy (non-hydrogen) atoms. The molecule has 0 saturated heterocycles. The predicted molar refractivity (Wildman–Crippen MR) is 69.3 cm³/mol. The standard InChI is InChI=1S/C12H15ClO2S/c13-7-8-16-9-11-3-1-10(2-4-11)5-6-12(14)15/h1-4H,5-9H2,(H,14,15). The smallest absolute Gasteiger partial charge is 0.303 e. The number of hydrogen-bond acceptors (Lipinski definition) is 2. The first kappa shape index (κ1) is 13.4. The van der Waals surface area contributed by atoms with E-state index in [4.69, 9.17) is 16.7 Å². The maximum atomic E-state index is 10.4. The zero-order chi connectivity index (χ0) is 11.8. The summed E-state index contributed by atoms with van der Waals surface area (Å²) in [7, 11) is 0. The summed E-state index contributed by atoms with van der Waals surface area (Å²) < 4.78 is 0. The zero-order valence-corrected chi connectivity index (χ0v) is 10.6. The minimum atomic E-state index is -0.748. The molecule has 0 radical (unpaired) electrons. The molecule has 4 heteroatoms. The van der Waals surface area contributed by atoms with Crippen molar-refractivity contribution in [3.8, 4) is 0 Å². The van der Waals surface area contributed by atoms with Gasteiger partial charge in [-0.1, -0.05) is 24.3 Å². The largest absolute Gasteiger partial charge is 0.481 e. The van der Waals surface area contributed by atoms with Gasteiger partial charge in [0.05, 0.1) is 0 Å². The quantitative estimate of drug-likeness (QED) is 0.603. The summed E-state index contributed by atoms with van der Waals surface area (Å²) in [5, 5.41) is 8.56. The van der Waals surface area contributed by atoms with E-state index in [1.165, 1.54) is 5.56 Å². The molecule has 0 unspecified atom stereocenters. The van der Waals surface area contributed by atoms with Crippen LogP contribution in [-0.4, -0.2) is 22.7 Å². The minimum absolute atomic E-state index is 0.195. The van der Waals surface area contributed by atoms with Gasteiger partial charge >= 0.3 is 5.97 Å². The van der Waals surface area contributed by atoms with E-state index in [1.54, 1.807) is 11.8 Å². The van der Waals surface area contributed by atoms with Crippen LogP contribution in [0.3, 0.4) is 0 Å². The topological polar surface area (TPSA) is 37.3 Å². The van der Waals surface area contributed by atoms with Crippen LogP contribution in [0.25, 0.3) is 0 Å². The molecule has 1 aromatic carbocycles. The van der Waals surface area contributed by atoms with Gasteiger partial charge in [-0.05, 0) is 17.5 Å². The molecular formula is C12H15ClO2S. The fourth-order valence-electron chi connectivity index (χ4n) is 1.30. The molecule has 0 aromatic heterocycles. The Kier molecular flexibility index (Phi) is 6.34. The average molecular weight is 259 g/mol. The fourth-order valence-corrected chi connectivity index (χ4v) is 2.31. The number of thioether (sulfide) groups is 1. The van der Waals surface area contributed by atoms with E-state index in [9.17, 15) is 4.79 Å². The SMILES string of the molecule is O=C(O)CCc1ccc(CSCCCl)cc1. The Balaban J connectivity index is 2.38. The first-order valence-corrected chi connectivity index (χ1v) is 6.84. The van der Waals surface area contributed by atoms with Gasteiger partial charge in [0.25, 0.3) is 0 Å². The van der Waals surface area contributed by atoms with E-state index in [2.05, 4.69) is 12.1 Å². The third kappa shape index (κ3) is 5.42. The van der Waals surface area contributed by atoms with Crippen molar-refractivity contribution in [2.24, 2.45) is 0 Å². The van der Waals surface area contributed by atoms with Crippen molar-refractivity contribution < 1.29 is 9.90 Å². The lowest BCUT2D eigenvalue weighted by Crippen LogP contribution is -1.97. The molecule has 0 aliphatic carbocycles. The van der Waals surface area contributed by atoms with E-state index in [0.717, 1.165) is 17.1 Å². The Morgan fingerprint density at radius 3 is 2.44 bits per heavy atom. The van der Waals surface area contributed by atoms with Crippen LogP contribution < -0.4 is 0 Å². The van der Waals surface area contributed by atoms with Crippen molar-refractivity contribution in [3.05, 3.63) is 35.4 Å². The number of carbonyl (C=O) groups is 1. The van der Waals surface area contributed by atoms with Gasteiger partial charge in [-0.3, -0.25) is 4.79 Å². The fraction of sp³-hybridized carbons (Fsp3) is 0.417. The number of halogens is 1. The Hall–Kier alpha value is -0.670. The van der Waals surface area contributed by atoms with Crippen LogP contribution in [0.4, 0.5) is 0 Å². The molecule has 1 aromatic rings. The third-order valence-electron chi connectivity index (χ3n) is 2.14. The van der Waals surface area contributed by atoms with Crippen molar-refractivity contribution in [1.29, 1.82) is 0 Å². The molecule has 0 fully saturated rings. The van der Waals surface area contributed by atoms with Crippen molar-refractivity contribution >= 4 is 29.3 Å². The molecule has 0 bridgehead atoms. The highest BCUT2D eigenvalue weighted by atomic mass is 35.5. The molecule has 2 nitrogen and oxygen atoms in total. The number of carboxylic acids is 1. The van der Waals surface area contributed by atoms with E-state index in [1.807, 2.05) is 12.1 Å². The number of aliphatic carboxylic acids is 1. The van der Waals surface area contributed by atoms with Crippen LogP contribution in [0, 0.1) is 0 Å². The molecule has 0 aliphatic heterocycles. The van der Waals surface area contributed by atoms with E-state index >= 15 is 0 Å². The van der Waals surface area contributed by atoms with Crippen LogP contribution in [0.2, 0.25) is 0 Å². The van der Waals surface area contributed by atoms with Gasteiger partial charge in [0.1, 0.15) is 0 Å². The van der Waals surface area contributed by atoms with Gasteiger partial charge < -0.3 is 5.11 Å². The van der Waals surface area contributed by atoms with Gasteiger partial charge in [0.2, 0.25) is 0 Å². The Morgan fingerprint density at radius 2 is 1.88 bits per heavy atom. The summed E-state index contributed by atoms with van der Waals surface area (Å²) in [6.45, 7) is 0. The number of hydrogen-bond donors (Lipinski definition) is 1. The monoisotopic (exact) mass is 258 g/mol. The normalized spacial score (nSPS) is 10.3. The number of alkyl halides is 1. The van der Waals surface area contributed by atoms with Crippen molar-refractivity contribution in [1.82, 2.24) is 0 Å². The molecule has 0 atom stereocenters. The highest BCUT2D eigenvalue weighted by Gasteiger charge is 1.99. The van der Waals surface area contributed by atoms with Gasteiger partial charge in [0, 0.05) is 23.8 Å². The minimum Gasteiger partial charge on any atom is -0.481 e. The van der Waals surface area contributed by atoms with Crippen molar-refractivity contribution in [2.45, 2.75) is 18.6 Å². The summed E-state index contributed by atoms with van der Waals surface area (Å²) >= 11 is 7.39. The maximum absolute atomic E-state index is 10.4. The number of carboxylic acid groups (broad SMARTS) is 1. The van der Waals surface area contributed by atoms with Crippen LogP contribution in [-0.2, 0) is 17.0 Å². The number of aryl methyl sites for hydroxylation is 1. The predicted octanol–water partition coefficient (Wildman–Crippen LogP) is 3.18. The lowest BCUT2D eigenvalue weighted by Gasteiger charge is -2.02. The maximum Gasteiger partial charge on any atom is 0.303 e. The Labute approximate surface area is 105 Å². The summed E-state index contributed by atoms with van der Waals surface area (Å²) in [4.78, 5) is 10.4. The first-order valence-electron chi connectivity index (χ1n) is 5.15. The number of benzene rings is 1. The molecule has 0 aliphatic rings. The van der Waals surface area contributed by atoms with Gasteiger partial charge in [0.15, 0.2) is 0 Å². The summed E-state index contributed by atoms with van der Waals surface area (Å²) in [5.41, 5.74) is 2.34. The third-order valence-corrected chi connectivity index (χ3v) is 3.58. The average Bonchev–Trinajstić information content (AvgIpc) is 2.28.